The molecule has 4 nitrogen and oxygen atoms in total. The van der Waals surface area contributed by atoms with Gasteiger partial charge in [0.15, 0.2) is 0 Å². The van der Waals surface area contributed by atoms with Crippen molar-refractivity contribution in [3.8, 4) is 5.75 Å². The lowest BCUT2D eigenvalue weighted by atomic mass is 10.1. The van der Waals surface area contributed by atoms with Gasteiger partial charge in [0.2, 0.25) is 0 Å². The van der Waals surface area contributed by atoms with Crippen LogP contribution in [0.3, 0.4) is 0 Å². The van der Waals surface area contributed by atoms with Crippen molar-refractivity contribution in [1.29, 1.82) is 0 Å². The Morgan fingerprint density at radius 3 is 3.10 bits per heavy atom. The number of amidine groups is 1. The van der Waals surface area contributed by atoms with Gasteiger partial charge in [-0.2, -0.15) is 0 Å². The fourth-order valence-corrected chi connectivity index (χ4v) is 2.51. The van der Waals surface area contributed by atoms with E-state index in [9.17, 15) is 4.39 Å². The summed E-state index contributed by atoms with van der Waals surface area (Å²) in [6.07, 6.45) is 3.17. The van der Waals surface area contributed by atoms with Gasteiger partial charge in [0.1, 0.15) is 24.0 Å². The van der Waals surface area contributed by atoms with Crippen LogP contribution < -0.4 is 10.1 Å². The predicted molar refractivity (Wildman–Crippen MR) is 74.9 cm³/mol. The van der Waals surface area contributed by atoms with E-state index < -0.39 is 0 Å². The van der Waals surface area contributed by atoms with E-state index in [-0.39, 0.29) is 11.9 Å². The lowest BCUT2D eigenvalue weighted by molar-refractivity contribution is 0.0677. The van der Waals surface area contributed by atoms with E-state index in [1.807, 2.05) is 0 Å². The Hall–Kier alpha value is -1.62. The maximum Gasteiger partial charge on any atom is 0.137 e. The van der Waals surface area contributed by atoms with Crippen molar-refractivity contribution in [1.82, 2.24) is 5.32 Å². The van der Waals surface area contributed by atoms with Crippen LogP contribution in [0.15, 0.2) is 23.2 Å². The Balaban J connectivity index is 1.78. The molecule has 108 valence electrons. The molecule has 2 aliphatic rings. The number of hydrogen-bond acceptors (Lipinski definition) is 4. The zero-order valence-corrected chi connectivity index (χ0v) is 11.4. The molecule has 0 spiro atoms. The van der Waals surface area contributed by atoms with Crippen molar-refractivity contribution >= 4 is 5.84 Å². The monoisotopic (exact) mass is 278 g/mol. The number of halogens is 1. The van der Waals surface area contributed by atoms with E-state index in [0.717, 1.165) is 39.0 Å². The van der Waals surface area contributed by atoms with Crippen LogP contribution in [0.4, 0.5) is 4.39 Å². The van der Waals surface area contributed by atoms with E-state index in [1.54, 1.807) is 12.1 Å². The van der Waals surface area contributed by atoms with Crippen LogP contribution in [0.2, 0.25) is 0 Å². The summed E-state index contributed by atoms with van der Waals surface area (Å²) in [6, 6.07) is 4.88. The lowest BCUT2D eigenvalue weighted by Crippen LogP contribution is -2.31. The zero-order valence-electron chi connectivity index (χ0n) is 11.4. The Morgan fingerprint density at radius 2 is 2.35 bits per heavy atom. The van der Waals surface area contributed by atoms with E-state index in [1.165, 1.54) is 6.07 Å². The van der Waals surface area contributed by atoms with Gasteiger partial charge in [0.05, 0.1) is 11.7 Å². The molecule has 0 radical (unpaired) electrons. The molecule has 0 saturated carbocycles. The molecule has 0 aliphatic carbocycles. The summed E-state index contributed by atoms with van der Waals surface area (Å²) in [5, 5.41) is 3.14. The third-order valence-corrected chi connectivity index (χ3v) is 3.56. The number of benzene rings is 1. The van der Waals surface area contributed by atoms with Crippen LogP contribution in [0.5, 0.6) is 5.75 Å². The first-order chi connectivity index (χ1) is 9.84. The first-order valence-electron chi connectivity index (χ1n) is 7.16. The molecule has 1 atom stereocenters. The molecule has 0 bridgehead atoms. The standard InChI is InChI=1S/C15H19FN2O2/c16-12-5-1-6-13(20-10-11-4-2-9-19-11)14(12)15-17-7-3-8-18-15/h1,5-6,11H,2-4,7-10H2,(H,17,18). The molecule has 1 aromatic carbocycles. The topological polar surface area (TPSA) is 42.9 Å². The van der Waals surface area contributed by atoms with Crippen molar-refractivity contribution in [2.45, 2.75) is 25.4 Å². The van der Waals surface area contributed by atoms with Crippen LogP contribution in [0.1, 0.15) is 24.8 Å². The summed E-state index contributed by atoms with van der Waals surface area (Å²) in [7, 11) is 0. The molecule has 5 heteroatoms. The maximum atomic E-state index is 14.1. The van der Waals surface area contributed by atoms with Crippen molar-refractivity contribution in [2.24, 2.45) is 4.99 Å². The molecule has 1 N–H and O–H groups in total. The molecule has 1 unspecified atom stereocenters. The summed E-state index contributed by atoms with van der Waals surface area (Å²) in [6.45, 7) is 2.79. The van der Waals surface area contributed by atoms with Gasteiger partial charge in [-0.1, -0.05) is 6.07 Å². The number of aliphatic imine (C=N–C) groups is 1. The average molecular weight is 278 g/mol. The van der Waals surface area contributed by atoms with E-state index >= 15 is 0 Å². The van der Waals surface area contributed by atoms with Crippen LogP contribution in [-0.2, 0) is 4.74 Å². The van der Waals surface area contributed by atoms with Crippen LogP contribution in [0.25, 0.3) is 0 Å². The highest BCUT2D eigenvalue weighted by Crippen LogP contribution is 2.24. The molecule has 2 heterocycles. The highest BCUT2D eigenvalue weighted by Gasteiger charge is 2.20. The van der Waals surface area contributed by atoms with Gasteiger partial charge < -0.3 is 14.8 Å². The van der Waals surface area contributed by atoms with Crippen molar-refractivity contribution < 1.29 is 13.9 Å². The summed E-state index contributed by atoms with van der Waals surface area (Å²) >= 11 is 0. The van der Waals surface area contributed by atoms with Crippen molar-refractivity contribution in [3.63, 3.8) is 0 Å². The zero-order chi connectivity index (χ0) is 13.8. The van der Waals surface area contributed by atoms with Gasteiger partial charge in [-0.15, -0.1) is 0 Å². The molecule has 1 saturated heterocycles. The van der Waals surface area contributed by atoms with Crippen LogP contribution >= 0.6 is 0 Å². The second-order valence-corrected chi connectivity index (χ2v) is 5.07. The Bertz CT molecular complexity index is 499. The smallest absolute Gasteiger partial charge is 0.137 e. The molecule has 3 rings (SSSR count). The lowest BCUT2D eigenvalue weighted by Gasteiger charge is -2.19. The number of ether oxygens (including phenoxy) is 2. The maximum absolute atomic E-state index is 14.1. The normalized spacial score (nSPS) is 22.2. The third-order valence-electron chi connectivity index (χ3n) is 3.56. The molecule has 20 heavy (non-hydrogen) atoms. The molecule has 0 aromatic heterocycles. The second kappa shape index (κ2) is 6.22. The third kappa shape index (κ3) is 2.93. The predicted octanol–water partition coefficient (Wildman–Crippen LogP) is 2.12. The van der Waals surface area contributed by atoms with Crippen LogP contribution in [-0.4, -0.2) is 38.2 Å². The quantitative estimate of drug-likeness (QED) is 0.917. The second-order valence-electron chi connectivity index (χ2n) is 5.07. The van der Waals surface area contributed by atoms with Gasteiger partial charge in [-0.3, -0.25) is 4.99 Å². The van der Waals surface area contributed by atoms with Crippen molar-refractivity contribution in [3.05, 3.63) is 29.6 Å². The number of hydrogen-bond donors (Lipinski definition) is 1. The highest BCUT2D eigenvalue weighted by atomic mass is 19.1. The molecule has 2 aliphatic heterocycles. The molecular formula is C15H19FN2O2. The molecule has 1 aromatic rings. The summed E-state index contributed by atoms with van der Waals surface area (Å²) < 4.78 is 25.4. The minimum absolute atomic E-state index is 0.118. The van der Waals surface area contributed by atoms with Crippen LogP contribution in [0, 0.1) is 5.82 Å². The minimum Gasteiger partial charge on any atom is -0.490 e. The summed E-state index contributed by atoms with van der Waals surface area (Å²) in [5.74, 6) is 0.827. The number of nitrogens with zero attached hydrogens (tertiary/aromatic N) is 1. The minimum atomic E-state index is -0.303. The van der Waals surface area contributed by atoms with Gasteiger partial charge in [0.25, 0.3) is 0 Å². The number of rotatable bonds is 4. The van der Waals surface area contributed by atoms with E-state index in [2.05, 4.69) is 10.3 Å². The summed E-state index contributed by atoms with van der Waals surface area (Å²) in [4.78, 5) is 4.36. The first kappa shape index (κ1) is 13.4. The first-order valence-corrected chi connectivity index (χ1v) is 7.16. The fraction of sp³-hybridized carbons (Fsp3) is 0.533. The molecular weight excluding hydrogens is 259 g/mol. The van der Waals surface area contributed by atoms with E-state index in [4.69, 9.17) is 9.47 Å². The van der Waals surface area contributed by atoms with Gasteiger partial charge >= 0.3 is 0 Å². The molecule has 0 amide bonds. The van der Waals surface area contributed by atoms with E-state index in [0.29, 0.717) is 23.8 Å². The highest BCUT2D eigenvalue weighted by molar-refractivity contribution is 6.01. The Morgan fingerprint density at radius 1 is 1.40 bits per heavy atom. The van der Waals surface area contributed by atoms with Gasteiger partial charge in [-0.05, 0) is 31.4 Å². The van der Waals surface area contributed by atoms with Crippen molar-refractivity contribution in [2.75, 3.05) is 26.3 Å². The number of nitrogens with one attached hydrogen (secondary N) is 1. The van der Waals surface area contributed by atoms with Gasteiger partial charge in [-0.25, -0.2) is 4.39 Å². The molecule has 1 fully saturated rings. The fourth-order valence-electron chi connectivity index (χ4n) is 2.51. The Labute approximate surface area is 118 Å². The largest absolute Gasteiger partial charge is 0.490 e. The Kier molecular flexibility index (Phi) is 4.16. The van der Waals surface area contributed by atoms with Gasteiger partial charge in [0, 0.05) is 19.7 Å². The average Bonchev–Trinajstić information content (AvgIpc) is 2.99. The SMILES string of the molecule is Fc1cccc(OCC2CCCO2)c1C1=NCCCN1. The summed E-state index contributed by atoms with van der Waals surface area (Å²) in [5.41, 5.74) is 0.435.